The summed E-state index contributed by atoms with van der Waals surface area (Å²) in [6.07, 6.45) is 2.84. The summed E-state index contributed by atoms with van der Waals surface area (Å²) in [6, 6.07) is 8.05. The van der Waals surface area contributed by atoms with Crippen LogP contribution in [0.15, 0.2) is 30.5 Å². The fourth-order valence-corrected chi connectivity index (χ4v) is 3.61. The molecule has 0 spiro atoms. The molecule has 0 aliphatic carbocycles. The SMILES string of the molecule is O=C(CN1CCOCC1Cc1c[nH]c2ccccc12)N1CCNC1=O. The lowest BCUT2D eigenvalue weighted by Crippen LogP contribution is -2.51. The highest BCUT2D eigenvalue weighted by atomic mass is 16.5. The molecular weight excluding hydrogens is 320 g/mol. The van der Waals surface area contributed by atoms with E-state index in [0.29, 0.717) is 32.8 Å². The molecule has 7 heteroatoms. The number of para-hydroxylation sites is 1. The molecule has 2 aliphatic rings. The summed E-state index contributed by atoms with van der Waals surface area (Å²) in [5, 5.41) is 3.88. The van der Waals surface area contributed by atoms with Crippen molar-refractivity contribution < 1.29 is 14.3 Å². The standard InChI is InChI=1S/C18H22N4O3/c23-17(22-6-5-19-18(22)24)11-21-7-8-25-12-14(21)9-13-10-20-16-4-2-1-3-15(13)16/h1-4,10,14,20H,5-9,11-12H2,(H,19,24). The lowest BCUT2D eigenvalue weighted by molar-refractivity contribution is -0.131. The normalized spacial score (nSPS) is 21.7. The predicted octanol–water partition coefficient (Wildman–Crippen LogP) is 0.963. The van der Waals surface area contributed by atoms with Gasteiger partial charge in [0.15, 0.2) is 0 Å². The Morgan fingerprint density at radius 3 is 3.00 bits per heavy atom. The van der Waals surface area contributed by atoms with Crippen molar-refractivity contribution in [1.29, 1.82) is 0 Å². The highest BCUT2D eigenvalue weighted by Gasteiger charge is 2.31. The Kier molecular flexibility index (Phi) is 4.42. The Labute approximate surface area is 145 Å². The molecule has 0 bridgehead atoms. The van der Waals surface area contributed by atoms with Crippen LogP contribution in [0.25, 0.3) is 10.9 Å². The van der Waals surface area contributed by atoms with Crippen molar-refractivity contribution in [1.82, 2.24) is 20.1 Å². The predicted molar refractivity (Wildman–Crippen MR) is 93.3 cm³/mol. The van der Waals surface area contributed by atoms with Crippen LogP contribution in [0.5, 0.6) is 0 Å². The minimum absolute atomic E-state index is 0.127. The van der Waals surface area contributed by atoms with E-state index in [-0.39, 0.29) is 24.5 Å². The number of aromatic amines is 1. The summed E-state index contributed by atoms with van der Waals surface area (Å²) >= 11 is 0. The second-order valence-corrected chi connectivity index (χ2v) is 6.54. The molecule has 1 atom stereocenters. The molecule has 2 aromatic rings. The summed E-state index contributed by atoms with van der Waals surface area (Å²) in [5.41, 5.74) is 2.34. The number of benzene rings is 1. The first kappa shape index (κ1) is 16.1. The van der Waals surface area contributed by atoms with E-state index >= 15 is 0 Å². The summed E-state index contributed by atoms with van der Waals surface area (Å²) < 4.78 is 5.65. The van der Waals surface area contributed by atoms with Gasteiger partial charge in [-0.05, 0) is 18.1 Å². The second-order valence-electron chi connectivity index (χ2n) is 6.54. The molecule has 132 valence electrons. The smallest absolute Gasteiger partial charge is 0.324 e. The van der Waals surface area contributed by atoms with Gasteiger partial charge in [0, 0.05) is 42.8 Å². The van der Waals surface area contributed by atoms with Crippen molar-refractivity contribution in [3.8, 4) is 0 Å². The first-order chi connectivity index (χ1) is 12.2. The van der Waals surface area contributed by atoms with E-state index in [2.05, 4.69) is 27.3 Å². The Hall–Kier alpha value is -2.38. The number of carbonyl (C=O) groups is 2. The van der Waals surface area contributed by atoms with Crippen LogP contribution in [0.1, 0.15) is 5.56 Å². The molecule has 1 unspecified atom stereocenters. The highest BCUT2D eigenvalue weighted by molar-refractivity contribution is 5.96. The molecule has 3 heterocycles. The third-order valence-electron chi connectivity index (χ3n) is 4.98. The lowest BCUT2D eigenvalue weighted by atomic mass is 10.0. The van der Waals surface area contributed by atoms with Gasteiger partial charge < -0.3 is 15.0 Å². The van der Waals surface area contributed by atoms with Crippen molar-refractivity contribution >= 4 is 22.8 Å². The number of H-pyrrole nitrogens is 1. The van der Waals surface area contributed by atoms with E-state index in [1.165, 1.54) is 15.8 Å². The third-order valence-corrected chi connectivity index (χ3v) is 4.98. The largest absolute Gasteiger partial charge is 0.378 e. The average Bonchev–Trinajstić information content (AvgIpc) is 3.23. The van der Waals surface area contributed by atoms with Gasteiger partial charge in [-0.3, -0.25) is 14.6 Å². The number of fused-ring (bicyclic) bond motifs is 1. The molecule has 0 saturated carbocycles. The number of rotatable bonds is 4. The molecule has 2 aliphatic heterocycles. The Bertz CT molecular complexity index is 787. The number of imide groups is 1. The fraction of sp³-hybridized carbons (Fsp3) is 0.444. The number of ether oxygens (including phenoxy) is 1. The van der Waals surface area contributed by atoms with E-state index in [9.17, 15) is 9.59 Å². The van der Waals surface area contributed by atoms with E-state index < -0.39 is 0 Å². The van der Waals surface area contributed by atoms with Gasteiger partial charge in [-0.25, -0.2) is 4.79 Å². The molecule has 2 saturated heterocycles. The second kappa shape index (κ2) is 6.85. The van der Waals surface area contributed by atoms with Gasteiger partial charge in [-0.2, -0.15) is 0 Å². The van der Waals surface area contributed by atoms with E-state index in [0.717, 1.165) is 11.9 Å². The van der Waals surface area contributed by atoms with Crippen molar-refractivity contribution in [3.63, 3.8) is 0 Å². The molecule has 1 aromatic heterocycles. The van der Waals surface area contributed by atoms with E-state index in [4.69, 9.17) is 4.74 Å². The fourth-order valence-electron chi connectivity index (χ4n) is 3.61. The molecule has 1 aromatic carbocycles. The third kappa shape index (κ3) is 3.25. The van der Waals surface area contributed by atoms with Gasteiger partial charge in [0.25, 0.3) is 0 Å². The molecule has 7 nitrogen and oxygen atoms in total. The zero-order chi connectivity index (χ0) is 17.2. The summed E-state index contributed by atoms with van der Waals surface area (Å²) in [4.78, 5) is 30.9. The van der Waals surface area contributed by atoms with Crippen LogP contribution in [0.2, 0.25) is 0 Å². The Morgan fingerprint density at radius 2 is 2.16 bits per heavy atom. The van der Waals surface area contributed by atoms with Gasteiger partial charge in [0.05, 0.1) is 19.8 Å². The average molecular weight is 342 g/mol. The van der Waals surface area contributed by atoms with Crippen molar-refractivity contribution in [2.45, 2.75) is 12.5 Å². The maximum atomic E-state index is 12.5. The molecule has 0 radical (unpaired) electrons. The number of hydrogen-bond acceptors (Lipinski definition) is 4. The van der Waals surface area contributed by atoms with Crippen molar-refractivity contribution in [2.24, 2.45) is 0 Å². The van der Waals surface area contributed by atoms with E-state index in [1.54, 1.807) is 0 Å². The molecule has 25 heavy (non-hydrogen) atoms. The number of carbonyl (C=O) groups excluding carboxylic acids is 2. The molecule has 3 amide bonds. The van der Waals surface area contributed by atoms with Crippen LogP contribution in [-0.2, 0) is 16.0 Å². The lowest BCUT2D eigenvalue weighted by Gasteiger charge is -2.35. The minimum atomic E-state index is -0.286. The first-order valence-electron chi connectivity index (χ1n) is 8.67. The minimum Gasteiger partial charge on any atom is -0.378 e. The topological polar surface area (TPSA) is 77.7 Å². The first-order valence-corrected chi connectivity index (χ1v) is 8.67. The molecule has 2 fully saturated rings. The van der Waals surface area contributed by atoms with E-state index in [1.807, 2.05) is 18.3 Å². The number of urea groups is 1. The maximum Gasteiger partial charge on any atom is 0.324 e. The highest BCUT2D eigenvalue weighted by Crippen LogP contribution is 2.22. The Balaban J connectivity index is 1.47. The van der Waals surface area contributed by atoms with Gasteiger partial charge in [0.2, 0.25) is 5.91 Å². The number of nitrogens with one attached hydrogen (secondary N) is 2. The zero-order valence-corrected chi connectivity index (χ0v) is 14.0. The maximum absolute atomic E-state index is 12.5. The van der Waals surface area contributed by atoms with Gasteiger partial charge in [-0.15, -0.1) is 0 Å². The number of amides is 3. The number of aromatic nitrogens is 1. The number of hydrogen-bond donors (Lipinski definition) is 2. The molecule has 4 rings (SSSR count). The van der Waals surface area contributed by atoms with Crippen molar-refractivity contribution in [2.75, 3.05) is 39.4 Å². The zero-order valence-electron chi connectivity index (χ0n) is 14.0. The number of nitrogens with zero attached hydrogens (tertiary/aromatic N) is 2. The van der Waals surface area contributed by atoms with Crippen LogP contribution in [0.3, 0.4) is 0 Å². The van der Waals surface area contributed by atoms with Crippen LogP contribution in [0, 0.1) is 0 Å². The van der Waals surface area contributed by atoms with Crippen LogP contribution >= 0.6 is 0 Å². The van der Waals surface area contributed by atoms with Crippen LogP contribution in [0.4, 0.5) is 4.79 Å². The van der Waals surface area contributed by atoms with Crippen LogP contribution < -0.4 is 5.32 Å². The summed E-state index contributed by atoms with van der Waals surface area (Å²) in [6.45, 7) is 3.16. The molecular formula is C18H22N4O3. The monoisotopic (exact) mass is 342 g/mol. The number of morpholine rings is 1. The van der Waals surface area contributed by atoms with Crippen LogP contribution in [-0.4, -0.2) is 72.2 Å². The van der Waals surface area contributed by atoms with Gasteiger partial charge in [0.1, 0.15) is 0 Å². The quantitative estimate of drug-likeness (QED) is 0.868. The van der Waals surface area contributed by atoms with Gasteiger partial charge >= 0.3 is 6.03 Å². The van der Waals surface area contributed by atoms with Crippen molar-refractivity contribution in [3.05, 3.63) is 36.0 Å². The molecule has 2 N–H and O–H groups in total. The summed E-state index contributed by atoms with van der Waals surface area (Å²) in [7, 11) is 0. The summed E-state index contributed by atoms with van der Waals surface area (Å²) in [5.74, 6) is -0.138. The Morgan fingerprint density at radius 1 is 1.28 bits per heavy atom. The van der Waals surface area contributed by atoms with Gasteiger partial charge in [-0.1, -0.05) is 18.2 Å².